The van der Waals surface area contributed by atoms with Crippen LogP contribution in [0, 0.1) is 0 Å². The molecule has 1 aliphatic carbocycles. The average molecular weight is 122 g/mol. The van der Waals surface area contributed by atoms with E-state index in [1.54, 1.807) is 10.8 Å². The minimum absolute atomic E-state index is 0.778. The molecular weight excluding hydrogens is 116 g/mol. The minimum Gasteiger partial charge on any atom is -0.321 e. The van der Waals surface area contributed by atoms with Gasteiger partial charge in [-0.15, -0.1) is 0 Å². The molecule has 0 amide bonds. The summed E-state index contributed by atoms with van der Waals surface area (Å²) in [5.74, 6) is 0. The van der Waals surface area contributed by atoms with Crippen molar-refractivity contribution in [2.75, 3.05) is 0 Å². The van der Waals surface area contributed by atoms with Gasteiger partial charge in [0, 0.05) is 5.25 Å². The normalized spacial score (nSPS) is 21.5. The van der Waals surface area contributed by atoms with Gasteiger partial charge in [-0.1, -0.05) is 10.8 Å². The van der Waals surface area contributed by atoms with Gasteiger partial charge in [0.1, 0.15) is 0 Å². The highest BCUT2D eigenvalue weighted by Gasteiger charge is 2.21. The highest BCUT2D eigenvalue weighted by molar-refractivity contribution is 8.74. The SMILES string of the molecule is OSSC1CC1. The maximum Gasteiger partial charge on any atom is 0.0596 e. The molecule has 36 valence electrons. The minimum atomic E-state index is 0.778. The lowest BCUT2D eigenvalue weighted by Crippen LogP contribution is -1.58. The zero-order valence-corrected chi connectivity index (χ0v) is 4.89. The molecule has 1 nitrogen and oxygen atoms in total. The van der Waals surface area contributed by atoms with Gasteiger partial charge in [0.2, 0.25) is 0 Å². The van der Waals surface area contributed by atoms with Crippen molar-refractivity contribution in [3.63, 3.8) is 0 Å². The summed E-state index contributed by atoms with van der Waals surface area (Å²) >= 11 is 0.889. The molecule has 1 N–H and O–H groups in total. The third-order valence-electron chi connectivity index (χ3n) is 0.703. The van der Waals surface area contributed by atoms with E-state index in [1.165, 1.54) is 12.8 Å². The van der Waals surface area contributed by atoms with Crippen molar-refractivity contribution in [2.24, 2.45) is 0 Å². The van der Waals surface area contributed by atoms with Crippen molar-refractivity contribution in [3.8, 4) is 0 Å². The van der Waals surface area contributed by atoms with E-state index < -0.39 is 0 Å². The monoisotopic (exact) mass is 122 g/mol. The molecule has 0 aliphatic heterocycles. The van der Waals surface area contributed by atoms with Crippen LogP contribution in [0.5, 0.6) is 0 Å². The van der Waals surface area contributed by atoms with Crippen molar-refractivity contribution in [3.05, 3.63) is 0 Å². The largest absolute Gasteiger partial charge is 0.321 e. The molecule has 0 aromatic heterocycles. The van der Waals surface area contributed by atoms with Crippen LogP contribution in [0.1, 0.15) is 12.8 Å². The average Bonchev–Trinajstić information content (AvgIpc) is 2.21. The van der Waals surface area contributed by atoms with Crippen LogP contribution in [0.15, 0.2) is 0 Å². The van der Waals surface area contributed by atoms with Crippen molar-refractivity contribution < 1.29 is 4.55 Å². The summed E-state index contributed by atoms with van der Waals surface area (Å²) in [4.78, 5) is 0. The van der Waals surface area contributed by atoms with Crippen LogP contribution in [0.25, 0.3) is 0 Å². The predicted octanol–water partition coefficient (Wildman–Crippen LogP) is 2.00. The van der Waals surface area contributed by atoms with Gasteiger partial charge in [-0.05, 0) is 12.8 Å². The summed E-state index contributed by atoms with van der Waals surface area (Å²) in [7, 11) is 1.57. The second-order valence-electron chi connectivity index (χ2n) is 1.37. The first-order valence-electron chi connectivity index (χ1n) is 1.90. The van der Waals surface area contributed by atoms with Gasteiger partial charge >= 0.3 is 0 Å². The topological polar surface area (TPSA) is 20.2 Å². The van der Waals surface area contributed by atoms with Crippen molar-refractivity contribution in [1.29, 1.82) is 0 Å². The highest BCUT2D eigenvalue weighted by Crippen LogP contribution is 2.39. The fraction of sp³-hybridized carbons (Fsp3) is 1.00. The van der Waals surface area contributed by atoms with Crippen LogP contribution in [0.4, 0.5) is 0 Å². The van der Waals surface area contributed by atoms with Crippen molar-refractivity contribution in [1.82, 2.24) is 0 Å². The quantitative estimate of drug-likeness (QED) is 0.447. The Balaban J connectivity index is 1.88. The third-order valence-corrected chi connectivity index (χ3v) is 2.61. The first kappa shape index (κ1) is 4.81. The lowest BCUT2D eigenvalue weighted by molar-refractivity contribution is 0.676. The fourth-order valence-electron chi connectivity index (χ4n) is 0.225. The molecule has 0 saturated heterocycles. The van der Waals surface area contributed by atoms with Gasteiger partial charge in [0.05, 0.1) is 11.1 Å². The molecule has 0 unspecified atom stereocenters. The molecule has 0 radical (unpaired) electrons. The molecule has 3 heteroatoms. The molecule has 1 saturated carbocycles. The lowest BCUT2D eigenvalue weighted by Gasteiger charge is -1.81. The Bertz CT molecular complexity index is 44.1. The molecule has 1 fully saturated rings. The van der Waals surface area contributed by atoms with Crippen LogP contribution in [0.3, 0.4) is 0 Å². The summed E-state index contributed by atoms with van der Waals surface area (Å²) in [6.45, 7) is 0. The van der Waals surface area contributed by atoms with Gasteiger partial charge in [-0.3, -0.25) is 0 Å². The van der Waals surface area contributed by atoms with Crippen LogP contribution in [-0.4, -0.2) is 9.80 Å². The summed E-state index contributed by atoms with van der Waals surface area (Å²) in [5, 5.41) is 0.778. The van der Waals surface area contributed by atoms with Gasteiger partial charge < -0.3 is 4.55 Å². The van der Waals surface area contributed by atoms with E-state index in [9.17, 15) is 0 Å². The van der Waals surface area contributed by atoms with E-state index >= 15 is 0 Å². The standard InChI is InChI=1S/C3H6OS2/c4-6-5-3-1-2-3/h3-4H,1-2H2. The first-order valence-corrected chi connectivity index (χ1v) is 4.07. The zero-order valence-electron chi connectivity index (χ0n) is 3.26. The molecule has 6 heavy (non-hydrogen) atoms. The molecule has 1 rings (SSSR count). The molecular formula is C3H6OS2. The smallest absolute Gasteiger partial charge is 0.0596 e. The summed E-state index contributed by atoms with van der Waals surface area (Å²) in [5.41, 5.74) is 0. The van der Waals surface area contributed by atoms with E-state index in [-0.39, 0.29) is 0 Å². The van der Waals surface area contributed by atoms with Crippen LogP contribution >= 0.6 is 21.9 Å². The third kappa shape index (κ3) is 1.41. The van der Waals surface area contributed by atoms with E-state index in [0.717, 1.165) is 16.3 Å². The number of hydrogen-bond acceptors (Lipinski definition) is 3. The highest BCUT2D eigenvalue weighted by atomic mass is 33.1. The van der Waals surface area contributed by atoms with E-state index in [4.69, 9.17) is 4.55 Å². The Morgan fingerprint density at radius 3 is 2.33 bits per heavy atom. The van der Waals surface area contributed by atoms with Crippen LogP contribution in [-0.2, 0) is 0 Å². The predicted molar refractivity (Wildman–Crippen MR) is 30.8 cm³/mol. The van der Waals surface area contributed by atoms with Gasteiger partial charge in [-0.2, -0.15) is 0 Å². The Kier molecular flexibility index (Phi) is 1.68. The molecule has 0 aromatic carbocycles. The fourth-order valence-corrected chi connectivity index (χ4v) is 1.62. The molecule has 0 heterocycles. The second-order valence-corrected chi connectivity index (χ2v) is 3.40. The van der Waals surface area contributed by atoms with Crippen LogP contribution in [0.2, 0.25) is 0 Å². The maximum atomic E-state index is 8.16. The maximum absolute atomic E-state index is 8.16. The Hall–Kier alpha value is 0.660. The van der Waals surface area contributed by atoms with Crippen molar-refractivity contribution in [2.45, 2.75) is 18.1 Å². The number of hydrogen-bond donors (Lipinski definition) is 1. The first-order chi connectivity index (χ1) is 2.93. The van der Waals surface area contributed by atoms with Gasteiger partial charge in [0.15, 0.2) is 0 Å². The van der Waals surface area contributed by atoms with Crippen molar-refractivity contribution >= 4 is 21.9 Å². The Labute approximate surface area is 45.1 Å². The van der Waals surface area contributed by atoms with Gasteiger partial charge in [-0.25, -0.2) is 0 Å². The second kappa shape index (κ2) is 2.09. The zero-order chi connectivity index (χ0) is 4.41. The molecule has 1 aliphatic rings. The molecule has 0 atom stereocenters. The number of rotatable bonds is 2. The molecule has 0 aromatic rings. The summed E-state index contributed by atoms with van der Waals surface area (Å²) < 4.78 is 8.16. The Morgan fingerprint density at radius 2 is 2.17 bits per heavy atom. The molecule has 0 spiro atoms. The summed E-state index contributed by atoms with van der Waals surface area (Å²) in [6, 6.07) is 0. The van der Waals surface area contributed by atoms with Crippen LogP contribution < -0.4 is 0 Å². The van der Waals surface area contributed by atoms with Gasteiger partial charge in [0.25, 0.3) is 0 Å². The van der Waals surface area contributed by atoms with E-state index in [1.807, 2.05) is 0 Å². The van der Waals surface area contributed by atoms with E-state index in [2.05, 4.69) is 0 Å². The Morgan fingerprint density at radius 1 is 1.50 bits per heavy atom. The summed E-state index contributed by atoms with van der Waals surface area (Å²) in [6.07, 6.45) is 2.61. The lowest BCUT2D eigenvalue weighted by atomic mass is 11.0. The molecule has 0 bridgehead atoms. The van der Waals surface area contributed by atoms with E-state index in [0.29, 0.717) is 0 Å².